The number of hydrogen-bond donors (Lipinski definition) is 3. The third-order valence-corrected chi connectivity index (χ3v) is 3.03. The fourth-order valence-corrected chi connectivity index (χ4v) is 2.00. The van der Waals surface area contributed by atoms with Crippen molar-refractivity contribution in [1.29, 1.82) is 0 Å². The molecule has 0 unspecified atom stereocenters. The van der Waals surface area contributed by atoms with Gasteiger partial charge in [-0.05, 0) is 12.8 Å². The van der Waals surface area contributed by atoms with Gasteiger partial charge in [0.1, 0.15) is 11.6 Å². The molecule has 84 valence electrons. The molecule has 3 N–H and O–H groups in total. The maximum atomic E-state index is 10.8. The molecule has 0 aromatic carbocycles. The molecule has 1 saturated carbocycles. The second-order valence-corrected chi connectivity index (χ2v) is 4.46. The topological polar surface area (TPSA) is 99.3 Å². The van der Waals surface area contributed by atoms with Crippen LogP contribution in [0.4, 0.5) is 5.13 Å². The van der Waals surface area contributed by atoms with Crippen LogP contribution >= 0.6 is 11.5 Å². The van der Waals surface area contributed by atoms with Crippen LogP contribution in [0.5, 0.6) is 0 Å². The third-order valence-electron chi connectivity index (χ3n) is 2.34. The number of nitrogens with one attached hydrogen (secondary N) is 3. The van der Waals surface area contributed by atoms with Gasteiger partial charge in [0.05, 0.1) is 6.54 Å². The SMILES string of the molecule is O=c1[nH]nc(CNc2nc(C3CC3)ns2)[nH]1. The fraction of sp³-hybridized carbons (Fsp3) is 0.500. The minimum absolute atomic E-state index is 0.298. The third kappa shape index (κ3) is 1.96. The van der Waals surface area contributed by atoms with E-state index in [0.717, 1.165) is 11.0 Å². The molecular formula is C8H10N6OS. The van der Waals surface area contributed by atoms with Gasteiger partial charge >= 0.3 is 5.69 Å². The lowest BCUT2D eigenvalue weighted by Gasteiger charge is -1.96. The summed E-state index contributed by atoms with van der Waals surface area (Å²) in [6, 6.07) is 0. The molecule has 0 spiro atoms. The lowest BCUT2D eigenvalue weighted by molar-refractivity contribution is 0.940. The maximum absolute atomic E-state index is 10.8. The number of rotatable bonds is 4. The first-order chi connectivity index (χ1) is 7.81. The summed E-state index contributed by atoms with van der Waals surface area (Å²) in [7, 11) is 0. The summed E-state index contributed by atoms with van der Waals surface area (Å²) >= 11 is 1.34. The molecule has 0 bridgehead atoms. The molecule has 1 fully saturated rings. The Morgan fingerprint density at radius 3 is 3.06 bits per heavy atom. The Morgan fingerprint density at radius 2 is 2.38 bits per heavy atom. The van der Waals surface area contributed by atoms with Gasteiger partial charge in [0, 0.05) is 17.5 Å². The van der Waals surface area contributed by atoms with Gasteiger partial charge in [-0.2, -0.15) is 9.47 Å². The van der Waals surface area contributed by atoms with E-state index in [2.05, 4.69) is 29.9 Å². The molecular weight excluding hydrogens is 228 g/mol. The molecule has 2 aromatic heterocycles. The van der Waals surface area contributed by atoms with Crippen LogP contribution in [0.15, 0.2) is 4.79 Å². The molecule has 2 aromatic rings. The van der Waals surface area contributed by atoms with Crippen LogP contribution < -0.4 is 11.0 Å². The minimum Gasteiger partial charge on any atom is -0.353 e. The van der Waals surface area contributed by atoms with E-state index >= 15 is 0 Å². The van der Waals surface area contributed by atoms with Crippen molar-refractivity contribution in [3.05, 3.63) is 22.1 Å². The van der Waals surface area contributed by atoms with Gasteiger partial charge < -0.3 is 5.32 Å². The largest absolute Gasteiger partial charge is 0.353 e. The number of hydrogen-bond acceptors (Lipinski definition) is 6. The van der Waals surface area contributed by atoms with Crippen molar-refractivity contribution < 1.29 is 0 Å². The average molecular weight is 238 g/mol. The Hall–Kier alpha value is -1.70. The molecule has 1 aliphatic carbocycles. The Labute approximate surface area is 94.5 Å². The molecule has 2 heterocycles. The van der Waals surface area contributed by atoms with Crippen molar-refractivity contribution in [2.75, 3.05) is 5.32 Å². The van der Waals surface area contributed by atoms with E-state index in [9.17, 15) is 4.79 Å². The highest BCUT2D eigenvalue weighted by molar-refractivity contribution is 7.09. The number of anilines is 1. The van der Waals surface area contributed by atoms with Gasteiger partial charge in [-0.1, -0.05) is 0 Å². The van der Waals surface area contributed by atoms with Crippen LogP contribution in [0, 0.1) is 0 Å². The van der Waals surface area contributed by atoms with E-state index < -0.39 is 0 Å². The molecule has 1 aliphatic rings. The Bertz CT molecular complexity index is 538. The van der Waals surface area contributed by atoms with Crippen LogP contribution in [0.25, 0.3) is 0 Å². The van der Waals surface area contributed by atoms with E-state index in [4.69, 9.17) is 0 Å². The molecule has 16 heavy (non-hydrogen) atoms. The Balaban J connectivity index is 1.63. The average Bonchev–Trinajstić information content (AvgIpc) is 2.87. The predicted octanol–water partition coefficient (Wildman–Crippen LogP) is 0.439. The summed E-state index contributed by atoms with van der Waals surface area (Å²) in [6.45, 7) is 0.443. The van der Waals surface area contributed by atoms with Crippen molar-refractivity contribution >= 4 is 16.7 Å². The van der Waals surface area contributed by atoms with E-state index in [1.807, 2.05) is 0 Å². The number of H-pyrrole nitrogens is 2. The second kappa shape index (κ2) is 3.71. The molecule has 0 saturated heterocycles. The first kappa shape index (κ1) is 9.52. The summed E-state index contributed by atoms with van der Waals surface area (Å²) in [5, 5.41) is 9.93. The Kier molecular flexibility index (Phi) is 2.21. The van der Waals surface area contributed by atoms with Crippen LogP contribution in [0.3, 0.4) is 0 Å². The first-order valence-corrected chi connectivity index (χ1v) is 5.79. The monoisotopic (exact) mass is 238 g/mol. The van der Waals surface area contributed by atoms with Crippen molar-refractivity contribution in [3.8, 4) is 0 Å². The zero-order valence-corrected chi connectivity index (χ0v) is 9.17. The zero-order valence-electron chi connectivity index (χ0n) is 8.36. The molecule has 7 nitrogen and oxygen atoms in total. The molecule has 3 rings (SSSR count). The Morgan fingerprint density at radius 1 is 1.50 bits per heavy atom. The number of nitrogens with zero attached hydrogens (tertiary/aromatic N) is 3. The second-order valence-electron chi connectivity index (χ2n) is 3.71. The molecule has 0 radical (unpaired) electrons. The molecule has 8 heteroatoms. The van der Waals surface area contributed by atoms with E-state index in [-0.39, 0.29) is 5.69 Å². The van der Waals surface area contributed by atoms with Gasteiger partial charge in [0.25, 0.3) is 0 Å². The van der Waals surface area contributed by atoms with Crippen molar-refractivity contribution in [2.24, 2.45) is 0 Å². The van der Waals surface area contributed by atoms with Gasteiger partial charge in [-0.15, -0.1) is 0 Å². The smallest absolute Gasteiger partial charge is 0.340 e. The van der Waals surface area contributed by atoms with Gasteiger partial charge in [-0.3, -0.25) is 4.98 Å². The lowest BCUT2D eigenvalue weighted by Crippen LogP contribution is -2.04. The van der Waals surface area contributed by atoms with Crippen LogP contribution in [-0.4, -0.2) is 24.5 Å². The summed E-state index contributed by atoms with van der Waals surface area (Å²) in [4.78, 5) is 17.7. The first-order valence-electron chi connectivity index (χ1n) is 5.02. The maximum Gasteiger partial charge on any atom is 0.340 e. The van der Waals surface area contributed by atoms with Gasteiger partial charge in [0.15, 0.2) is 0 Å². The zero-order chi connectivity index (χ0) is 11.0. The van der Waals surface area contributed by atoms with E-state index in [1.165, 1.54) is 24.4 Å². The van der Waals surface area contributed by atoms with Crippen LogP contribution in [-0.2, 0) is 6.54 Å². The summed E-state index contributed by atoms with van der Waals surface area (Å²) < 4.78 is 4.26. The minimum atomic E-state index is -0.298. The normalized spacial score (nSPS) is 15.2. The highest BCUT2D eigenvalue weighted by Gasteiger charge is 2.27. The predicted molar refractivity (Wildman–Crippen MR) is 58.4 cm³/mol. The lowest BCUT2D eigenvalue weighted by atomic mass is 10.4. The van der Waals surface area contributed by atoms with Gasteiger partial charge in [-0.25, -0.2) is 14.9 Å². The van der Waals surface area contributed by atoms with Crippen molar-refractivity contribution in [1.82, 2.24) is 24.5 Å². The fourth-order valence-electron chi connectivity index (χ4n) is 1.36. The van der Waals surface area contributed by atoms with Gasteiger partial charge in [0.2, 0.25) is 5.13 Å². The van der Waals surface area contributed by atoms with Crippen LogP contribution in [0.2, 0.25) is 0 Å². The standard InChI is InChI=1S/C8H10N6OS/c15-7-10-5(12-13-7)3-9-8-11-6(14-16-8)4-1-2-4/h4H,1-3H2,(H,9,11,14)(H2,10,12,13,15). The van der Waals surface area contributed by atoms with Crippen molar-refractivity contribution in [2.45, 2.75) is 25.3 Å². The highest BCUT2D eigenvalue weighted by atomic mass is 32.1. The summed E-state index contributed by atoms with van der Waals surface area (Å²) in [5.41, 5.74) is -0.298. The summed E-state index contributed by atoms with van der Waals surface area (Å²) in [5.74, 6) is 2.06. The van der Waals surface area contributed by atoms with Crippen molar-refractivity contribution in [3.63, 3.8) is 0 Å². The van der Waals surface area contributed by atoms with Crippen LogP contribution in [0.1, 0.15) is 30.4 Å². The highest BCUT2D eigenvalue weighted by Crippen LogP contribution is 2.39. The molecule has 0 atom stereocenters. The number of aromatic amines is 2. The van der Waals surface area contributed by atoms with E-state index in [0.29, 0.717) is 18.3 Å². The molecule has 0 amide bonds. The number of aromatic nitrogens is 5. The molecule has 0 aliphatic heterocycles. The van der Waals surface area contributed by atoms with E-state index in [1.54, 1.807) is 0 Å². The summed E-state index contributed by atoms with van der Waals surface area (Å²) in [6.07, 6.45) is 2.39. The quantitative estimate of drug-likeness (QED) is 0.717.